The van der Waals surface area contributed by atoms with Crippen LogP contribution in [0.4, 0.5) is 10.1 Å². The van der Waals surface area contributed by atoms with Gasteiger partial charge in [-0.1, -0.05) is 48.1 Å². The minimum absolute atomic E-state index is 0.0830. The van der Waals surface area contributed by atoms with Crippen molar-refractivity contribution in [1.82, 2.24) is 0 Å². The second-order valence-corrected chi connectivity index (χ2v) is 5.22. The molecule has 3 N–H and O–H groups in total. The van der Waals surface area contributed by atoms with Gasteiger partial charge in [0.15, 0.2) is 0 Å². The Hall–Kier alpha value is -1.98. The topological polar surface area (TPSA) is 55.1 Å². The molecule has 108 valence electrons. The van der Waals surface area contributed by atoms with E-state index in [2.05, 4.69) is 5.32 Å². The number of benzene rings is 2. The van der Waals surface area contributed by atoms with Crippen molar-refractivity contribution in [3.63, 3.8) is 0 Å². The van der Waals surface area contributed by atoms with Gasteiger partial charge in [0.05, 0.1) is 17.1 Å². The second kappa shape index (κ2) is 6.65. The van der Waals surface area contributed by atoms with Crippen molar-refractivity contribution < 1.29 is 9.18 Å². The summed E-state index contributed by atoms with van der Waals surface area (Å²) in [5.74, 6) is -0.794. The average Bonchev–Trinajstić information content (AvgIpc) is 2.43. The molecule has 2 rings (SSSR count). The number of anilines is 1. The van der Waals surface area contributed by atoms with Gasteiger partial charge in [-0.15, -0.1) is 0 Å². The summed E-state index contributed by atoms with van der Waals surface area (Å²) >= 11 is 10.9. The molecule has 0 aliphatic rings. The molecule has 0 saturated carbocycles. The molecule has 1 amide bonds. The van der Waals surface area contributed by atoms with E-state index in [0.29, 0.717) is 21.8 Å². The molecule has 2 aromatic carbocycles. The van der Waals surface area contributed by atoms with Crippen LogP contribution in [0.15, 0.2) is 42.5 Å². The highest BCUT2D eigenvalue weighted by atomic mass is 35.5. The van der Waals surface area contributed by atoms with E-state index in [0.717, 1.165) is 0 Å². The van der Waals surface area contributed by atoms with Crippen LogP contribution < -0.4 is 11.1 Å². The standard InChI is InChI=1S/C15H12ClFN2OS/c16-11-6-5-10(15(18)21)7-13(11)19-14(20)8-9-3-1-2-4-12(9)17/h1-7H,8H2,(H2,18,21)(H,19,20). The maximum Gasteiger partial charge on any atom is 0.228 e. The van der Waals surface area contributed by atoms with Gasteiger partial charge in [-0.2, -0.15) is 0 Å². The van der Waals surface area contributed by atoms with Gasteiger partial charge in [0.1, 0.15) is 10.8 Å². The predicted octanol–water partition coefficient (Wildman–Crippen LogP) is 3.29. The number of hydrogen-bond donors (Lipinski definition) is 2. The molecule has 0 radical (unpaired) electrons. The minimum atomic E-state index is -0.421. The Balaban J connectivity index is 2.15. The summed E-state index contributed by atoms with van der Waals surface area (Å²) in [6, 6.07) is 11.0. The average molecular weight is 323 g/mol. The summed E-state index contributed by atoms with van der Waals surface area (Å²) in [5, 5.41) is 2.99. The zero-order chi connectivity index (χ0) is 15.4. The van der Waals surface area contributed by atoms with Crippen molar-refractivity contribution in [2.75, 3.05) is 5.32 Å². The van der Waals surface area contributed by atoms with E-state index in [1.165, 1.54) is 6.07 Å². The summed E-state index contributed by atoms with van der Waals surface area (Å²) < 4.78 is 13.5. The van der Waals surface area contributed by atoms with E-state index in [1.54, 1.807) is 36.4 Å². The summed E-state index contributed by atoms with van der Waals surface area (Å²) in [5.41, 5.74) is 6.83. The first-order valence-corrected chi connectivity index (χ1v) is 6.88. The third-order valence-corrected chi connectivity index (χ3v) is 3.40. The lowest BCUT2D eigenvalue weighted by Gasteiger charge is -2.09. The smallest absolute Gasteiger partial charge is 0.228 e. The highest BCUT2D eigenvalue weighted by Gasteiger charge is 2.11. The lowest BCUT2D eigenvalue weighted by molar-refractivity contribution is -0.115. The normalized spacial score (nSPS) is 10.2. The molecule has 0 bridgehead atoms. The lowest BCUT2D eigenvalue weighted by atomic mass is 10.1. The van der Waals surface area contributed by atoms with Gasteiger partial charge in [-0.25, -0.2) is 4.39 Å². The fourth-order valence-corrected chi connectivity index (χ4v) is 2.08. The van der Waals surface area contributed by atoms with E-state index in [9.17, 15) is 9.18 Å². The van der Waals surface area contributed by atoms with Gasteiger partial charge < -0.3 is 11.1 Å². The first-order chi connectivity index (χ1) is 9.97. The van der Waals surface area contributed by atoms with Crippen LogP contribution in [0.2, 0.25) is 5.02 Å². The predicted molar refractivity (Wildman–Crippen MR) is 86.1 cm³/mol. The number of carbonyl (C=O) groups excluding carboxylic acids is 1. The van der Waals surface area contributed by atoms with Crippen molar-refractivity contribution in [3.8, 4) is 0 Å². The number of halogens is 2. The first kappa shape index (κ1) is 15.4. The molecule has 0 unspecified atom stereocenters. The number of rotatable bonds is 4. The monoisotopic (exact) mass is 322 g/mol. The minimum Gasteiger partial charge on any atom is -0.389 e. The zero-order valence-electron chi connectivity index (χ0n) is 10.9. The van der Waals surface area contributed by atoms with Gasteiger partial charge in [0, 0.05) is 5.56 Å². The van der Waals surface area contributed by atoms with Crippen LogP contribution in [0.25, 0.3) is 0 Å². The third kappa shape index (κ3) is 4.00. The lowest BCUT2D eigenvalue weighted by Crippen LogP contribution is -2.16. The van der Waals surface area contributed by atoms with E-state index >= 15 is 0 Å². The Bertz CT molecular complexity index is 706. The molecule has 21 heavy (non-hydrogen) atoms. The molecule has 0 fully saturated rings. The number of carbonyl (C=O) groups is 1. The maximum atomic E-state index is 13.5. The highest BCUT2D eigenvalue weighted by Crippen LogP contribution is 2.23. The van der Waals surface area contributed by atoms with Crippen molar-refractivity contribution in [3.05, 3.63) is 64.4 Å². The van der Waals surface area contributed by atoms with E-state index in [-0.39, 0.29) is 17.3 Å². The Kier molecular flexibility index (Phi) is 4.88. The Morgan fingerprint density at radius 1 is 1.29 bits per heavy atom. The molecule has 6 heteroatoms. The van der Waals surface area contributed by atoms with Gasteiger partial charge in [-0.3, -0.25) is 4.79 Å². The highest BCUT2D eigenvalue weighted by molar-refractivity contribution is 7.80. The van der Waals surface area contributed by atoms with Crippen LogP contribution in [0, 0.1) is 5.82 Å². The Morgan fingerprint density at radius 2 is 2.00 bits per heavy atom. The Morgan fingerprint density at radius 3 is 2.67 bits per heavy atom. The number of nitrogens with two attached hydrogens (primary N) is 1. The molecule has 0 aliphatic carbocycles. The molecule has 2 aromatic rings. The van der Waals surface area contributed by atoms with Crippen molar-refractivity contribution in [1.29, 1.82) is 0 Å². The first-order valence-electron chi connectivity index (χ1n) is 6.10. The van der Waals surface area contributed by atoms with E-state index < -0.39 is 5.82 Å². The van der Waals surface area contributed by atoms with Crippen LogP contribution in [0.3, 0.4) is 0 Å². The van der Waals surface area contributed by atoms with Crippen LogP contribution in [0.5, 0.6) is 0 Å². The number of nitrogens with one attached hydrogen (secondary N) is 1. The molecule has 0 heterocycles. The van der Waals surface area contributed by atoms with Crippen molar-refractivity contribution in [2.45, 2.75) is 6.42 Å². The van der Waals surface area contributed by atoms with Crippen molar-refractivity contribution in [2.24, 2.45) is 5.73 Å². The van der Waals surface area contributed by atoms with Gasteiger partial charge in [0.2, 0.25) is 5.91 Å². The largest absolute Gasteiger partial charge is 0.389 e. The SMILES string of the molecule is NC(=S)c1ccc(Cl)c(NC(=O)Cc2ccccc2F)c1. The summed E-state index contributed by atoms with van der Waals surface area (Å²) in [6.07, 6.45) is -0.0830. The molecule has 0 spiro atoms. The van der Waals surface area contributed by atoms with Gasteiger partial charge in [0.25, 0.3) is 0 Å². The fourth-order valence-electron chi connectivity index (χ4n) is 1.78. The maximum absolute atomic E-state index is 13.5. The summed E-state index contributed by atoms with van der Waals surface area (Å²) in [4.78, 5) is 12.2. The molecule has 0 aliphatic heterocycles. The molecule has 0 atom stereocenters. The molecular formula is C15H12ClFN2OS. The van der Waals surface area contributed by atoms with Gasteiger partial charge in [-0.05, 0) is 23.8 Å². The van der Waals surface area contributed by atoms with Crippen LogP contribution in [-0.4, -0.2) is 10.9 Å². The van der Waals surface area contributed by atoms with Gasteiger partial charge >= 0.3 is 0 Å². The van der Waals surface area contributed by atoms with Crippen LogP contribution in [0.1, 0.15) is 11.1 Å². The fraction of sp³-hybridized carbons (Fsp3) is 0.0667. The molecular weight excluding hydrogens is 311 g/mol. The Labute approximate surface area is 131 Å². The van der Waals surface area contributed by atoms with Crippen LogP contribution in [-0.2, 0) is 11.2 Å². The summed E-state index contributed by atoms with van der Waals surface area (Å²) in [7, 11) is 0. The molecule has 0 saturated heterocycles. The van der Waals surface area contributed by atoms with Crippen molar-refractivity contribution >= 4 is 40.4 Å². The molecule has 3 nitrogen and oxygen atoms in total. The number of amides is 1. The van der Waals surface area contributed by atoms with E-state index in [1.807, 2.05) is 0 Å². The second-order valence-electron chi connectivity index (χ2n) is 4.38. The zero-order valence-corrected chi connectivity index (χ0v) is 12.5. The quantitative estimate of drug-likeness (QED) is 0.849. The summed E-state index contributed by atoms with van der Waals surface area (Å²) in [6.45, 7) is 0. The van der Waals surface area contributed by atoms with E-state index in [4.69, 9.17) is 29.6 Å². The third-order valence-electron chi connectivity index (χ3n) is 2.83. The number of thiocarbonyl (C=S) groups is 1. The number of hydrogen-bond acceptors (Lipinski definition) is 2. The molecule has 0 aromatic heterocycles. The van der Waals surface area contributed by atoms with Crippen LogP contribution >= 0.6 is 23.8 Å².